The topological polar surface area (TPSA) is 76.6 Å². The Bertz CT molecular complexity index is 1570. The average Bonchev–Trinajstić information content (AvgIpc) is 3.20. The lowest BCUT2D eigenvalue weighted by Gasteiger charge is -2.32. The first-order valence-corrected chi connectivity index (χ1v) is 13.0. The standard InChI is InChI=1S/C29H31FN6O2/c1-33-11-13-35(14-12-33)10-9-26(37)32-21-5-8-25-23(15-21)24-18-34(2)28-27(24)19(16-31-29(28)38)17-36(25)22-6-3-20(30)4-7-22/h3-8,15-16,18H,9-14,17H2,1-2H3,(H,31,38)(H,32,37). The van der Waals surface area contributed by atoms with Crippen LogP contribution in [0.1, 0.15) is 12.0 Å². The van der Waals surface area contributed by atoms with Crippen LogP contribution < -0.4 is 15.8 Å². The summed E-state index contributed by atoms with van der Waals surface area (Å²) in [6, 6.07) is 12.3. The molecule has 38 heavy (non-hydrogen) atoms. The summed E-state index contributed by atoms with van der Waals surface area (Å²) in [7, 11) is 3.99. The number of benzene rings is 2. The zero-order valence-corrected chi connectivity index (χ0v) is 21.6. The van der Waals surface area contributed by atoms with Gasteiger partial charge in [0, 0.05) is 92.2 Å². The minimum Gasteiger partial charge on any atom is -0.345 e. The maximum Gasteiger partial charge on any atom is 0.272 e. The summed E-state index contributed by atoms with van der Waals surface area (Å²) >= 11 is 0. The van der Waals surface area contributed by atoms with Crippen LogP contribution in [0.3, 0.4) is 0 Å². The van der Waals surface area contributed by atoms with Crippen LogP contribution in [-0.2, 0) is 18.4 Å². The number of rotatable bonds is 5. The van der Waals surface area contributed by atoms with E-state index in [2.05, 4.69) is 32.0 Å². The highest BCUT2D eigenvalue weighted by Crippen LogP contribution is 2.44. The fourth-order valence-corrected chi connectivity index (χ4v) is 5.57. The molecule has 9 heteroatoms. The van der Waals surface area contributed by atoms with Crippen molar-refractivity contribution >= 4 is 33.9 Å². The van der Waals surface area contributed by atoms with Crippen molar-refractivity contribution < 1.29 is 9.18 Å². The Morgan fingerprint density at radius 2 is 1.79 bits per heavy atom. The number of aromatic amines is 1. The van der Waals surface area contributed by atoms with Gasteiger partial charge in [0.05, 0.1) is 6.54 Å². The third-order valence-electron chi connectivity index (χ3n) is 7.67. The molecular formula is C29H31FN6O2. The lowest BCUT2D eigenvalue weighted by Crippen LogP contribution is -2.45. The molecule has 0 saturated carbocycles. The number of carbonyl (C=O) groups is 1. The second-order valence-electron chi connectivity index (χ2n) is 10.3. The van der Waals surface area contributed by atoms with Gasteiger partial charge in [0.1, 0.15) is 11.3 Å². The molecule has 0 bridgehead atoms. The van der Waals surface area contributed by atoms with Gasteiger partial charge in [0.2, 0.25) is 5.91 Å². The number of hydrogen-bond acceptors (Lipinski definition) is 5. The molecule has 2 aliphatic rings. The van der Waals surface area contributed by atoms with E-state index in [9.17, 15) is 14.0 Å². The van der Waals surface area contributed by atoms with Crippen molar-refractivity contribution in [2.24, 2.45) is 7.05 Å². The molecule has 0 atom stereocenters. The highest BCUT2D eigenvalue weighted by Gasteiger charge is 2.26. The van der Waals surface area contributed by atoms with Crippen molar-refractivity contribution in [3.63, 3.8) is 0 Å². The minimum absolute atomic E-state index is 0.0251. The minimum atomic E-state index is -0.297. The molecule has 0 unspecified atom stereocenters. The number of halogens is 1. The highest BCUT2D eigenvalue weighted by molar-refractivity contribution is 6.04. The molecule has 4 heterocycles. The van der Waals surface area contributed by atoms with Crippen LogP contribution in [0.15, 0.2) is 59.7 Å². The first kappa shape index (κ1) is 24.4. The Morgan fingerprint density at radius 1 is 1.03 bits per heavy atom. The third kappa shape index (κ3) is 4.48. The molecule has 1 saturated heterocycles. The second-order valence-corrected chi connectivity index (χ2v) is 10.3. The van der Waals surface area contributed by atoms with Gasteiger partial charge in [-0.15, -0.1) is 0 Å². The predicted octanol–water partition coefficient (Wildman–Crippen LogP) is 3.90. The molecule has 196 valence electrons. The van der Waals surface area contributed by atoms with Gasteiger partial charge in [-0.25, -0.2) is 4.39 Å². The lowest BCUT2D eigenvalue weighted by molar-refractivity contribution is -0.116. The fraction of sp³-hybridized carbons (Fsp3) is 0.310. The van der Waals surface area contributed by atoms with Crippen LogP contribution in [-0.4, -0.2) is 65.0 Å². The fourth-order valence-electron chi connectivity index (χ4n) is 5.57. The lowest BCUT2D eigenvalue weighted by atomic mass is 10.0. The Morgan fingerprint density at radius 3 is 2.55 bits per heavy atom. The highest BCUT2D eigenvalue weighted by atomic mass is 19.1. The number of carbonyl (C=O) groups excluding carboxylic acids is 1. The molecular weight excluding hydrogens is 483 g/mol. The predicted molar refractivity (Wildman–Crippen MR) is 148 cm³/mol. The van der Waals surface area contributed by atoms with E-state index in [1.165, 1.54) is 12.1 Å². The van der Waals surface area contributed by atoms with Crippen molar-refractivity contribution in [1.29, 1.82) is 0 Å². The van der Waals surface area contributed by atoms with Crippen LogP contribution in [0, 0.1) is 5.82 Å². The monoisotopic (exact) mass is 514 g/mol. The summed E-state index contributed by atoms with van der Waals surface area (Å²) in [4.78, 5) is 35.2. The third-order valence-corrected chi connectivity index (χ3v) is 7.67. The van der Waals surface area contributed by atoms with E-state index in [0.29, 0.717) is 24.2 Å². The number of anilines is 3. The Balaban J connectivity index is 1.36. The van der Waals surface area contributed by atoms with Gasteiger partial charge in [-0.05, 0) is 55.1 Å². The molecule has 0 spiro atoms. The van der Waals surface area contributed by atoms with Gasteiger partial charge in [-0.1, -0.05) is 0 Å². The zero-order chi connectivity index (χ0) is 26.4. The second kappa shape index (κ2) is 9.74. The number of pyridine rings is 1. The number of nitrogens with one attached hydrogen (secondary N) is 2. The molecule has 4 aromatic rings. The maximum absolute atomic E-state index is 13.7. The number of nitrogens with zero attached hydrogens (tertiary/aromatic N) is 4. The Hall–Kier alpha value is -3.95. The van der Waals surface area contributed by atoms with Gasteiger partial charge in [-0.2, -0.15) is 0 Å². The number of amides is 1. The number of fused-ring (bicyclic) bond motifs is 2. The quantitative estimate of drug-likeness (QED) is 0.423. The van der Waals surface area contributed by atoms with E-state index in [0.717, 1.165) is 66.2 Å². The van der Waals surface area contributed by atoms with E-state index in [-0.39, 0.29) is 17.3 Å². The van der Waals surface area contributed by atoms with Crippen LogP contribution in [0.2, 0.25) is 0 Å². The largest absolute Gasteiger partial charge is 0.345 e. The Labute approximate surface area is 220 Å². The molecule has 0 aliphatic carbocycles. The van der Waals surface area contributed by atoms with Crippen LogP contribution in [0.4, 0.5) is 21.5 Å². The molecule has 8 nitrogen and oxygen atoms in total. The molecule has 1 fully saturated rings. The van der Waals surface area contributed by atoms with Gasteiger partial charge in [0.25, 0.3) is 5.56 Å². The summed E-state index contributed by atoms with van der Waals surface area (Å²) in [6.07, 6.45) is 4.16. The van der Waals surface area contributed by atoms with E-state index in [4.69, 9.17) is 0 Å². The summed E-state index contributed by atoms with van der Waals surface area (Å²) in [5.41, 5.74) is 5.71. The number of H-pyrrole nitrogens is 1. The molecule has 6 rings (SSSR count). The number of aryl methyl sites for hydroxylation is 1. The molecule has 0 radical (unpaired) electrons. The van der Waals surface area contributed by atoms with E-state index in [1.54, 1.807) is 18.3 Å². The van der Waals surface area contributed by atoms with Crippen LogP contribution >= 0.6 is 0 Å². The van der Waals surface area contributed by atoms with Crippen LogP contribution in [0.25, 0.3) is 22.0 Å². The number of aromatic nitrogens is 2. The van der Waals surface area contributed by atoms with E-state index >= 15 is 0 Å². The molecule has 2 N–H and O–H groups in total. The van der Waals surface area contributed by atoms with Gasteiger partial charge in [0.15, 0.2) is 0 Å². The summed E-state index contributed by atoms with van der Waals surface area (Å²) in [5.74, 6) is -0.322. The van der Waals surface area contributed by atoms with E-state index in [1.807, 2.05) is 36.0 Å². The van der Waals surface area contributed by atoms with Gasteiger partial charge < -0.3 is 29.6 Å². The SMILES string of the molecule is CN1CCN(CCC(=O)Nc2ccc3c(c2)-c2cn(C)c4c(=O)[nH]cc(c24)CN3c2ccc(F)cc2)CC1. The maximum atomic E-state index is 13.7. The van der Waals surface area contributed by atoms with Crippen LogP contribution in [0.5, 0.6) is 0 Å². The van der Waals surface area contributed by atoms with Crippen molar-refractivity contribution in [2.75, 3.05) is 50.0 Å². The number of piperazine rings is 1. The summed E-state index contributed by atoms with van der Waals surface area (Å²) in [5, 5.41) is 3.97. The molecule has 2 aromatic heterocycles. The Kier molecular flexibility index (Phi) is 6.25. The smallest absolute Gasteiger partial charge is 0.272 e. The normalized spacial score (nSPS) is 15.9. The van der Waals surface area contributed by atoms with E-state index < -0.39 is 0 Å². The van der Waals surface area contributed by atoms with Crippen molar-refractivity contribution in [1.82, 2.24) is 19.4 Å². The molecule has 2 aliphatic heterocycles. The number of hydrogen-bond donors (Lipinski definition) is 2. The first-order chi connectivity index (χ1) is 18.4. The molecule has 1 amide bonds. The van der Waals surface area contributed by atoms with Gasteiger partial charge >= 0.3 is 0 Å². The number of likely N-dealkylation sites (N-methyl/N-ethyl adjacent to an activating group) is 1. The molecule has 2 aromatic carbocycles. The van der Waals surface area contributed by atoms with Gasteiger partial charge in [-0.3, -0.25) is 9.59 Å². The first-order valence-electron chi connectivity index (χ1n) is 13.0. The zero-order valence-electron chi connectivity index (χ0n) is 21.6. The van der Waals surface area contributed by atoms with Crippen molar-refractivity contribution in [3.8, 4) is 11.1 Å². The summed E-state index contributed by atoms with van der Waals surface area (Å²) in [6.45, 7) is 5.23. The van der Waals surface area contributed by atoms with Crippen molar-refractivity contribution in [2.45, 2.75) is 13.0 Å². The average molecular weight is 515 g/mol. The van der Waals surface area contributed by atoms with Crippen molar-refractivity contribution in [3.05, 3.63) is 76.6 Å². The summed E-state index contributed by atoms with van der Waals surface area (Å²) < 4.78 is 15.6.